The largest absolute Gasteiger partial charge is 0.497 e. The number of ketones is 2. The summed E-state index contributed by atoms with van der Waals surface area (Å²) in [4.78, 5) is 27.2. The molecule has 0 fully saturated rings. The zero-order valence-electron chi connectivity index (χ0n) is 23.4. The first-order valence-electron chi connectivity index (χ1n) is 13.6. The summed E-state index contributed by atoms with van der Waals surface area (Å²) in [6, 6.07) is 14.6. The molecule has 2 N–H and O–H groups in total. The molecule has 214 valence electrons. The van der Waals surface area contributed by atoms with Crippen molar-refractivity contribution in [3.8, 4) is 11.5 Å². The number of hydrogen-bond acceptors (Lipinski definition) is 8. The number of ether oxygens (including phenoxy) is 4. The monoisotopic (exact) mass is 550 g/mol. The Labute approximate surface area is 235 Å². The number of carbonyl (C=O) groups is 2. The van der Waals surface area contributed by atoms with Crippen LogP contribution in [0.15, 0.2) is 72.8 Å². The average Bonchev–Trinajstić information content (AvgIpc) is 2.99. The van der Waals surface area contributed by atoms with Crippen LogP contribution in [-0.2, 0) is 32.3 Å². The fourth-order valence-corrected chi connectivity index (χ4v) is 6.01. The Bertz CT molecular complexity index is 1140. The molecule has 2 aromatic rings. The van der Waals surface area contributed by atoms with Gasteiger partial charge in [-0.05, 0) is 60.4 Å². The highest BCUT2D eigenvalue weighted by molar-refractivity contribution is 6.00. The van der Waals surface area contributed by atoms with Crippen LogP contribution < -0.4 is 9.47 Å². The minimum atomic E-state index is -1.50. The Balaban J connectivity index is 1.72. The van der Waals surface area contributed by atoms with Gasteiger partial charge in [0.25, 0.3) is 0 Å². The molecule has 0 saturated carbocycles. The molecule has 0 unspecified atom stereocenters. The standard InChI is InChI=1S/C32H38O8/c1-5-31(39-19-21-7-11-23(37-3)12-8-21)27(35)17-15-25(33)29(31)30-26(34)16-18-28(36)32(30,6-2)40-20-22-9-13-24(38-4)14-10-22/h7-18,25-26,29-30,33-34H,5-6,19-20H2,1-4H3/t25-,26-,29-,30-,31-,32-/m0/s1. The Morgan fingerprint density at radius 2 is 1.00 bits per heavy atom. The quantitative estimate of drug-likeness (QED) is 0.433. The number of methoxy groups -OCH3 is 2. The molecule has 4 rings (SSSR count). The van der Waals surface area contributed by atoms with Crippen molar-refractivity contribution in [2.45, 2.75) is 63.3 Å². The summed E-state index contributed by atoms with van der Waals surface area (Å²) in [6.07, 6.45) is 3.59. The lowest BCUT2D eigenvalue weighted by molar-refractivity contribution is -0.208. The molecule has 0 bridgehead atoms. The van der Waals surface area contributed by atoms with Gasteiger partial charge in [0.2, 0.25) is 0 Å². The van der Waals surface area contributed by atoms with Crippen LogP contribution in [0.25, 0.3) is 0 Å². The van der Waals surface area contributed by atoms with Gasteiger partial charge in [-0.2, -0.15) is 0 Å². The van der Waals surface area contributed by atoms with Gasteiger partial charge in [-0.25, -0.2) is 0 Å². The summed E-state index contributed by atoms with van der Waals surface area (Å²) in [5.41, 5.74) is -1.40. The second-order valence-electron chi connectivity index (χ2n) is 10.2. The maximum Gasteiger partial charge on any atom is 0.187 e. The topological polar surface area (TPSA) is 112 Å². The van der Waals surface area contributed by atoms with Crippen molar-refractivity contribution in [1.82, 2.24) is 0 Å². The third-order valence-corrected chi connectivity index (χ3v) is 8.28. The van der Waals surface area contributed by atoms with Crippen molar-refractivity contribution < 1.29 is 38.7 Å². The van der Waals surface area contributed by atoms with E-state index in [-0.39, 0.29) is 37.6 Å². The van der Waals surface area contributed by atoms with Gasteiger partial charge in [-0.15, -0.1) is 0 Å². The lowest BCUT2D eigenvalue weighted by Gasteiger charge is -2.53. The van der Waals surface area contributed by atoms with Crippen LogP contribution in [0, 0.1) is 11.8 Å². The van der Waals surface area contributed by atoms with Crippen LogP contribution >= 0.6 is 0 Å². The van der Waals surface area contributed by atoms with E-state index < -0.39 is 35.2 Å². The van der Waals surface area contributed by atoms with Crippen molar-refractivity contribution in [3.63, 3.8) is 0 Å². The van der Waals surface area contributed by atoms with Crippen LogP contribution in [0.1, 0.15) is 37.8 Å². The van der Waals surface area contributed by atoms with Gasteiger partial charge in [0.05, 0.1) is 39.6 Å². The number of carbonyl (C=O) groups excluding carboxylic acids is 2. The van der Waals surface area contributed by atoms with Gasteiger partial charge in [-0.3, -0.25) is 9.59 Å². The van der Waals surface area contributed by atoms with Gasteiger partial charge < -0.3 is 29.2 Å². The maximum absolute atomic E-state index is 13.6. The molecule has 2 aliphatic rings. The second-order valence-corrected chi connectivity index (χ2v) is 10.2. The molecule has 0 spiro atoms. The summed E-state index contributed by atoms with van der Waals surface area (Å²) < 4.78 is 23.3. The van der Waals surface area contributed by atoms with E-state index >= 15 is 0 Å². The number of hydrogen-bond donors (Lipinski definition) is 2. The maximum atomic E-state index is 13.6. The van der Waals surface area contributed by atoms with Gasteiger partial charge in [0, 0.05) is 11.8 Å². The zero-order valence-corrected chi connectivity index (χ0v) is 23.4. The van der Waals surface area contributed by atoms with Crippen LogP contribution in [0.4, 0.5) is 0 Å². The Kier molecular flexibility index (Phi) is 9.26. The average molecular weight is 551 g/mol. The van der Waals surface area contributed by atoms with E-state index in [1.807, 2.05) is 38.1 Å². The number of benzene rings is 2. The minimum absolute atomic E-state index is 0.0824. The summed E-state index contributed by atoms with van der Waals surface area (Å²) in [6.45, 7) is 3.78. The number of rotatable bonds is 11. The smallest absolute Gasteiger partial charge is 0.187 e. The molecule has 40 heavy (non-hydrogen) atoms. The van der Waals surface area contributed by atoms with Gasteiger partial charge in [-0.1, -0.05) is 50.3 Å². The van der Waals surface area contributed by atoms with Crippen molar-refractivity contribution in [2.24, 2.45) is 11.8 Å². The molecule has 2 aliphatic carbocycles. The SMILES string of the molecule is CC[C@]1(OCc2ccc(OC)cc2)C(=O)C=C[C@H](O)[C@H]1[C@@H]1[C@@H](O)C=CC(=O)[C@]1(CC)OCc1ccc(OC)cc1. The molecular weight excluding hydrogens is 512 g/mol. The predicted octanol–water partition coefficient (Wildman–Crippen LogP) is 3.97. The van der Waals surface area contributed by atoms with Crippen LogP contribution in [-0.4, -0.2) is 59.4 Å². The molecule has 0 saturated heterocycles. The first kappa shape index (κ1) is 29.7. The summed E-state index contributed by atoms with van der Waals surface area (Å²) in [7, 11) is 3.16. The van der Waals surface area contributed by atoms with Gasteiger partial charge >= 0.3 is 0 Å². The number of aliphatic hydroxyl groups is 2. The van der Waals surface area contributed by atoms with E-state index in [4.69, 9.17) is 18.9 Å². The Morgan fingerprint density at radius 3 is 1.30 bits per heavy atom. The van der Waals surface area contributed by atoms with Crippen LogP contribution in [0.3, 0.4) is 0 Å². The molecule has 2 aromatic carbocycles. The highest BCUT2D eigenvalue weighted by Gasteiger charge is 2.62. The molecule has 0 amide bonds. The van der Waals surface area contributed by atoms with Gasteiger partial charge in [0.1, 0.15) is 22.7 Å². The fourth-order valence-electron chi connectivity index (χ4n) is 6.01. The molecule has 8 heteroatoms. The predicted molar refractivity (Wildman–Crippen MR) is 149 cm³/mol. The lowest BCUT2D eigenvalue weighted by Crippen LogP contribution is -2.66. The normalized spacial score (nSPS) is 29.9. The fraction of sp³-hybridized carbons (Fsp3) is 0.438. The van der Waals surface area contributed by atoms with Crippen molar-refractivity contribution >= 4 is 11.6 Å². The molecule has 0 heterocycles. The van der Waals surface area contributed by atoms with Gasteiger partial charge in [0.15, 0.2) is 11.6 Å². The zero-order chi connectivity index (χ0) is 28.9. The molecule has 8 nitrogen and oxygen atoms in total. The molecule has 6 atom stereocenters. The van der Waals surface area contributed by atoms with E-state index in [0.29, 0.717) is 11.5 Å². The summed E-state index contributed by atoms with van der Waals surface area (Å²) >= 11 is 0. The Morgan fingerprint density at radius 1 is 0.650 bits per heavy atom. The molecule has 0 aliphatic heterocycles. The van der Waals surface area contributed by atoms with E-state index in [0.717, 1.165) is 11.1 Å². The highest BCUT2D eigenvalue weighted by Crippen LogP contribution is 2.49. The molecule has 0 radical (unpaired) electrons. The van der Waals surface area contributed by atoms with Crippen molar-refractivity contribution in [3.05, 3.63) is 84.0 Å². The van der Waals surface area contributed by atoms with Crippen LogP contribution in [0.5, 0.6) is 11.5 Å². The van der Waals surface area contributed by atoms with Crippen molar-refractivity contribution in [1.29, 1.82) is 0 Å². The summed E-state index contributed by atoms with van der Waals surface area (Å²) in [5, 5.41) is 22.8. The second kappa shape index (κ2) is 12.5. The first-order valence-corrected chi connectivity index (χ1v) is 13.6. The van der Waals surface area contributed by atoms with E-state index in [1.54, 1.807) is 38.5 Å². The van der Waals surface area contributed by atoms with E-state index in [2.05, 4.69) is 0 Å². The molecule has 0 aromatic heterocycles. The Hall–Kier alpha value is -3.30. The van der Waals surface area contributed by atoms with E-state index in [9.17, 15) is 19.8 Å². The number of aliphatic hydroxyl groups excluding tert-OH is 2. The highest BCUT2D eigenvalue weighted by atomic mass is 16.5. The molecular formula is C32H38O8. The van der Waals surface area contributed by atoms with Crippen LogP contribution in [0.2, 0.25) is 0 Å². The minimum Gasteiger partial charge on any atom is -0.497 e. The summed E-state index contributed by atoms with van der Waals surface area (Å²) in [5.74, 6) is -1.20. The van der Waals surface area contributed by atoms with Crippen molar-refractivity contribution in [2.75, 3.05) is 14.2 Å². The third kappa shape index (κ3) is 5.49. The first-order chi connectivity index (χ1) is 19.2. The lowest BCUT2D eigenvalue weighted by atomic mass is 9.59. The third-order valence-electron chi connectivity index (χ3n) is 8.28. The van der Waals surface area contributed by atoms with E-state index in [1.165, 1.54) is 24.3 Å².